The molecule has 0 aliphatic carbocycles. The summed E-state index contributed by atoms with van der Waals surface area (Å²) in [4.78, 5) is 15.5. The second-order valence-electron chi connectivity index (χ2n) is 4.28. The van der Waals surface area contributed by atoms with Crippen molar-refractivity contribution in [2.45, 2.75) is 20.0 Å². The summed E-state index contributed by atoms with van der Waals surface area (Å²) in [5.74, 6) is 0.482. The molecule has 2 rings (SSSR count). The topological polar surface area (TPSA) is 48.4 Å². The molecule has 4 heteroatoms. The van der Waals surface area contributed by atoms with E-state index in [-0.39, 0.29) is 5.97 Å². The van der Waals surface area contributed by atoms with Crippen molar-refractivity contribution in [3.05, 3.63) is 59.4 Å². The second-order valence-corrected chi connectivity index (χ2v) is 4.28. The van der Waals surface area contributed by atoms with Crippen LogP contribution in [0.4, 0.5) is 0 Å². The Morgan fingerprint density at radius 1 is 1.20 bits per heavy atom. The first-order chi connectivity index (χ1) is 9.74. The van der Waals surface area contributed by atoms with Crippen molar-refractivity contribution < 1.29 is 14.3 Å². The van der Waals surface area contributed by atoms with Crippen LogP contribution in [0.3, 0.4) is 0 Å². The van der Waals surface area contributed by atoms with E-state index in [4.69, 9.17) is 4.74 Å². The van der Waals surface area contributed by atoms with Crippen LogP contribution < -0.4 is 4.74 Å². The third kappa shape index (κ3) is 3.35. The molecule has 0 spiro atoms. The second kappa shape index (κ2) is 6.70. The number of nitrogens with zero attached hydrogens (tertiary/aromatic N) is 1. The molecule has 1 heterocycles. The number of pyridine rings is 1. The summed E-state index contributed by atoms with van der Waals surface area (Å²) in [6, 6.07) is 11.4. The van der Waals surface area contributed by atoms with E-state index in [9.17, 15) is 4.79 Å². The molecule has 1 aromatic heterocycles. The first-order valence-electron chi connectivity index (χ1n) is 6.48. The van der Waals surface area contributed by atoms with Crippen molar-refractivity contribution in [3.8, 4) is 5.75 Å². The van der Waals surface area contributed by atoms with E-state index < -0.39 is 0 Å². The maximum Gasteiger partial charge on any atom is 0.339 e. The fraction of sp³-hybridized carbons (Fsp3) is 0.250. The van der Waals surface area contributed by atoms with Gasteiger partial charge in [0.15, 0.2) is 0 Å². The third-order valence-electron chi connectivity index (χ3n) is 2.97. The molecule has 0 N–H and O–H groups in total. The summed E-state index contributed by atoms with van der Waals surface area (Å²) >= 11 is 0. The molecule has 0 aliphatic rings. The number of ether oxygens (including phenoxy) is 2. The number of carbonyl (C=O) groups is 1. The normalized spacial score (nSPS) is 10.1. The van der Waals surface area contributed by atoms with Gasteiger partial charge in [0.1, 0.15) is 12.4 Å². The van der Waals surface area contributed by atoms with E-state index in [1.54, 1.807) is 12.1 Å². The Morgan fingerprint density at radius 2 is 2.00 bits per heavy atom. The van der Waals surface area contributed by atoms with Crippen molar-refractivity contribution in [1.82, 2.24) is 4.98 Å². The monoisotopic (exact) mass is 271 g/mol. The van der Waals surface area contributed by atoms with Crippen LogP contribution in [-0.4, -0.2) is 18.1 Å². The average Bonchev–Trinajstić information content (AvgIpc) is 2.53. The maximum atomic E-state index is 11.3. The molecule has 0 bridgehead atoms. The van der Waals surface area contributed by atoms with Gasteiger partial charge in [0.05, 0.1) is 18.4 Å². The van der Waals surface area contributed by atoms with Crippen LogP contribution in [-0.2, 0) is 17.8 Å². The molecule has 0 aliphatic heterocycles. The number of hydrogen-bond acceptors (Lipinski definition) is 4. The summed E-state index contributed by atoms with van der Waals surface area (Å²) in [7, 11) is 1.35. The molecule has 0 unspecified atom stereocenters. The highest BCUT2D eigenvalue weighted by molar-refractivity contribution is 5.88. The molecular formula is C16H17NO3. The fourth-order valence-corrected chi connectivity index (χ4v) is 1.84. The minimum absolute atomic E-state index is 0.373. The summed E-state index contributed by atoms with van der Waals surface area (Å²) in [6.45, 7) is 2.46. The molecule has 104 valence electrons. The van der Waals surface area contributed by atoms with Crippen LogP contribution in [0.5, 0.6) is 5.75 Å². The molecule has 4 nitrogen and oxygen atoms in total. The molecule has 20 heavy (non-hydrogen) atoms. The van der Waals surface area contributed by atoms with Crippen molar-refractivity contribution in [2.75, 3.05) is 7.11 Å². The molecule has 1 aromatic carbocycles. The van der Waals surface area contributed by atoms with Crippen LogP contribution in [0.15, 0.2) is 42.6 Å². The van der Waals surface area contributed by atoms with E-state index in [0.29, 0.717) is 12.2 Å². The molecule has 2 aromatic rings. The van der Waals surface area contributed by atoms with E-state index in [2.05, 4.69) is 16.6 Å². The SMILES string of the molecule is CCc1ccccc1OCc1ccc(C(=O)OC)cn1. The lowest BCUT2D eigenvalue weighted by Crippen LogP contribution is -2.04. The van der Waals surface area contributed by atoms with Gasteiger partial charge in [-0.15, -0.1) is 0 Å². The summed E-state index contributed by atoms with van der Waals surface area (Å²) in [6.07, 6.45) is 2.42. The highest BCUT2D eigenvalue weighted by Gasteiger charge is 2.06. The predicted octanol–water partition coefficient (Wildman–Crippen LogP) is 3.01. The van der Waals surface area contributed by atoms with E-state index in [0.717, 1.165) is 17.9 Å². The van der Waals surface area contributed by atoms with Gasteiger partial charge in [-0.05, 0) is 30.2 Å². The van der Waals surface area contributed by atoms with Gasteiger partial charge in [0.2, 0.25) is 0 Å². The van der Waals surface area contributed by atoms with Crippen LogP contribution in [0, 0.1) is 0 Å². The lowest BCUT2D eigenvalue weighted by Gasteiger charge is -2.09. The Kier molecular flexibility index (Phi) is 4.71. The first kappa shape index (κ1) is 14.1. The van der Waals surface area contributed by atoms with Gasteiger partial charge in [0.25, 0.3) is 0 Å². The van der Waals surface area contributed by atoms with Gasteiger partial charge in [-0.3, -0.25) is 4.98 Å². The highest BCUT2D eigenvalue weighted by atomic mass is 16.5. The average molecular weight is 271 g/mol. The molecule has 0 fully saturated rings. The van der Waals surface area contributed by atoms with Gasteiger partial charge in [-0.2, -0.15) is 0 Å². The van der Waals surface area contributed by atoms with Crippen LogP contribution in [0.25, 0.3) is 0 Å². The Bertz CT molecular complexity index is 579. The number of methoxy groups -OCH3 is 1. The van der Waals surface area contributed by atoms with Crippen LogP contribution >= 0.6 is 0 Å². The highest BCUT2D eigenvalue weighted by Crippen LogP contribution is 2.19. The van der Waals surface area contributed by atoms with E-state index >= 15 is 0 Å². The van der Waals surface area contributed by atoms with Crippen molar-refractivity contribution in [3.63, 3.8) is 0 Å². The molecular weight excluding hydrogens is 254 g/mol. The van der Waals surface area contributed by atoms with Gasteiger partial charge in [0, 0.05) is 6.20 Å². The number of benzene rings is 1. The molecule has 0 saturated carbocycles. The lowest BCUT2D eigenvalue weighted by molar-refractivity contribution is 0.0600. The van der Waals surface area contributed by atoms with Crippen molar-refractivity contribution >= 4 is 5.97 Å². The minimum Gasteiger partial charge on any atom is -0.487 e. The smallest absolute Gasteiger partial charge is 0.339 e. The number of hydrogen-bond donors (Lipinski definition) is 0. The summed E-state index contributed by atoms with van der Waals surface area (Å²) in [5.41, 5.74) is 2.37. The van der Waals surface area contributed by atoms with Gasteiger partial charge >= 0.3 is 5.97 Å². The zero-order chi connectivity index (χ0) is 14.4. The molecule has 0 atom stereocenters. The third-order valence-corrected chi connectivity index (χ3v) is 2.97. The molecule has 0 saturated heterocycles. The zero-order valence-electron chi connectivity index (χ0n) is 11.6. The maximum absolute atomic E-state index is 11.3. The minimum atomic E-state index is -0.388. The number of aryl methyl sites for hydroxylation is 1. The number of para-hydroxylation sites is 1. The Labute approximate surface area is 118 Å². The fourth-order valence-electron chi connectivity index (χ4n) is 1.84. The van der Waals surface area contributed by atoms with Crippen LogP contribution in [0.2, 0.25) is 0 Å². The first-order valence-corrected chi connectivity index (χ1v) is 6.48. The number of esters is 1. The zero-order valence-corrected chi connectivity index (χ0v) is 11.6. The summed E-state index contributed by atoms with van der Waals surface area (Å²) < 4.78 is 10.4. The van der Waals surface area contributed by atoms with Gasteiger partial charge in [-0.25, -0.2) is 4.79 Å². The van der Waals surface area contributed by atoms with E-state index in [1.807, 2.05) is 24.3 Å². The van der Waals surface area contributed by atoms with Crippen molar-refractivity contribution in [1.29, 1.82) is 0 Å². The quantitative estimate of drug-likeness (QED) is 0.784. The number of rotatable bonds is 5. The van der Waals surface area contributed by atoms with Crippen LogP contribution in [0.1, 0.15) is 28.5 Å². The van der Waals surface area contributed by atoms with Gasteiger partial charge in [-0.1, -0.05) is 25.1 Å². The summed E-state index contributed by atoms with van der Waals surface area (Å²) in [5, 5.41) is 0. The Hall–Kier alpha value is -2.36. The largest absolute Gasteiger partial charge is 0.487 e. The predicted molar refractivity (Wildman–Crippen MR) is 75.7 cm³/mol. The van der Waals surface area contributed by atoms with Gasteiger partial charge < -0.3 is 9.47 Å². The van der Waals surface area contributed by atoms with Crippen molar-refractivity contribution in [2.24, 2.45) is 0 Å². The molecule has 0 radical (unpaired) electrons. The lowest BCUT2D eigenvalue weighted by atomic mass is 10.1. The molecule has 0 amide bonds. The Balaban J connectivity index is 2.02. The number of aromatic nitrogens is 1. The Morgan fingerprint density at radius 3 is 2.65 bits per heavy atom. The van der Waals surface area contributed by atoms with E-state index in [1.165, 1.54) is 18.9 Å². The number of carbonyl (C=O) groups excluding carboxylic acids is 1. The standard InChI is InChI=1S/C16H17NO3/c1-3-12-6-4-5-7-15(12)20-11-14-9-8-13(10-17-14)16(18)19-2/h4-10H,3,11H2,1-2H3.